The highest BCUT2D eigenvalue weighted by Gasteiger charge is 2.23. The summed E-state index contributed by atoms with van der Waals surface area (Å²) in [5.41, 5.74) is 2.31. The number of nitrogens with one attached hydrogen (secondary N) is 1. The van der Waals surface area contributed by atoms with E-state index in [0.717, 1.165) is 18.5 Å². The van der Waals surface area contributed by atoms with Crippen molar-refractivity contribution < 1.29 is 4.79 Å². The minimum Gasteiger partial charge on any atom is -0.326 e. The molecule has 1 aliphatic carbocycles. The van der Waals surface area contributed by atoms with Crippen molar-refractivity contribution in [1.29, 1.82) is 0 Å². The van der Waals surface area contributed by atoms with E-state index in [1.54, 1.807) is 0 Å². The lowest BCUT2D eigenvalue weighted by molar-refractivity contribution is -0.119. The van der Waals surface area contributed by atoms with Gasteiger partial charge < -0.3 is 5.32 Å². The predicted molar refractivity (Wildman–Crippen MR) is 75.7 cm³/mol. The molecule has 0 aromatic heterocycles. The molecule has 1 amide bonds. The van der Waals surface area contributed by atoms with E-state index < -0.39 is 0 Å². The van der Waals surface area contributed by atoms with E-state index in [4.69, 9.17) is 0 Å². The van der Waals surface area contributed by atoms with E-state index >= 15 is 0 Å². The highest BCUT2D eigenvalue weighted by atomic mass is 16.1. The van der Waals surface area contributed by atoms with Crippen LogP contribution in [0.25, 0.3) is 0 Å². The minimum absolute atomic E-state index is 0.119. The van der Waals surface area contributed by atoms with Gasteiger partial charge in [0.05, 0.1) is 0 Å². The van der Waals surface area contributed by atoms with E-state index in [1.807, 2.05) is 12.1 Å². The Hall–Kier alpha value is -1.31. The summed E-state index contributed by atoms with van der Waals surface area (Å²) in [7, 11) is 0. The molecule has 0 saturated heterocycles. The molecule has 0 bridgehead atoms. The van der Waals surface area contributed by atoms with Gasteiger partial charge in [-0.25, -0.2) is 0 Å². The van der Waals surface area contributed by atoms with Crippen molar-refractivity contribution in [2.75, 3.05) is 5.32 Å². The maximum absolute atomic E-state index is 12.1. The van der Waals surface area contributed by atoms with Crippen LogP contribution in [0.4, 0.5) is 5.69 Å². The third-order valence-electron chi connectivity index (χ3n) is 3.72. The summed E-state index contributed by atoms with van der Waals surface area (Å²) >= 11 is 0. The number of amides is 1. The normalized spacial score (nSPS) is 16.8. The van der Waals surface area contributed by atoms with Crippen LogP contribution in [0.5, 0.6) is 0 Å². The van der Waals surface area contributed by atoms with Crippen LogP contribution < -0.4 is 5.32 Å². The Kier molecular flexibility index (Phi) is 3.74. The lowest BCUT2D eigenvalue weighted by Crippen LogP contribution is -2.20. The average Bonchev–Trinajstić information content (AvgIpc) is 2.81. The molecule has 0 radical (unpaired) electrons. The van der Waals surface area contributed by atoms with Gasteiger partial charge in [0, 0.05) is 11.6 Å². The van der Waals surface area contributed by atoms with Crippen molar-refractivity contribution in [3.05, 3.63) is 29.8 Å². The highest BCUT2D eigenvalue weighted by molar-refractivity contribution is 5.92. The number of hydrogen-bond acceptors (Lipinski definition) is 1. The topological polar surface area (TPSA) is 29.1 Å². The average molecular weight is 245 g/mol. The maximum atomic E-state index is 12.1. The molecule has 1 aliphatic rings. The summed E-state index contributed by atoms with van der Waals surface area (Å²) in [6, 6.07) is 8.20. The van der Waals surface area contributed by atoms with Crippen molar-refractivity contribution in [3.63, 3.8) is 0 Å². The molecule has 1 fully saturated rings. The number of carbonyl (C=O) groups excluding carboxylic acids is 1. The molecule has 0 unspecified atom stereocenters. The molecule has 2 rings (SSSR count). The van der Waals surface area contributed by atoms with Crippen LogP contribution in [-0.2, 0) is 10.2 Å². The molecule has 0 aliphatic heterocycles. The SMILES string of the molecule is CC(C)(C)c1cccc(NC(=O)C2CCCC2)c1. The Morgan fingerprint density at radius 1 is 1.22 bits per heavy atom. The number of hydrogen-bond donors (Lipinski definition) is 1. The van der Waals surface area contributed by atoms with Gasteiger partial charge in [0.1, 0.15) is 0 Å². The number of rotatable bonds is 2. The zero-order chi connectivity index (χ0) is 13.2. The smallest absolute Gasteiger partial charge is 0.227 e. The van der Waals surface area contributed by atoms with E-state index in [1.165, 1.54) is 18.4 Å². The van der Waals surface area contributed by atoms with Crippen LogP contribution in [0.2, 0.25) is 0 Å². The summed E-state index contributed by atoms with van der Waals surface area (Å²) in [5, 5.41) is 3.06. The molecular weight excluding hydrogens is 222 g/mol. The third-order valence-corrected chi connectivity index (χ3v) is 3.72. The van der Waals surface area contributed by atoms with E-state index in [9.17, 15) is 4.79 Å². The van der Waals surface area contributed by atoms with Crippen LogP contribution in [0.3, 0.4) is 0 Å². The molecular formula is C16H23NO. The zero-order valence-corrected chi connectivity index (χ0v) is 11.6. The van der Waals surface area contributed by atoms with Gasteiger partial charge in [0.25, 0.3) is 0 Å². The van der Waals surface area contributed by atoms with Crippen molar-refractivity contribution >= 4 is 11.6 Å². The van der Waals surface area contributed by atoms with E-state index in [0.29, 0.717) is 0 Å². The van der Waals surface area contributed by atoms with Crippen LogP contribution >= 0.6 is 0 Å². The highest BCUT2D eigenvalue weighted by Crippen LogP contribution is 2.28. The summed E-state index contributed by atoms with van der Waals surface area (Å²) in [6.45, 7) is 6.56. The maximum Gasteiger partial charge on any atom is 0.227 e. The second kappa shape index (κ2) is 5.13. The predicted octanol–water partition coefficient (Wildman–Crippen LogP) is 4.11. The summed E-state index contributed by atoms with van der Waals surface area (Å²) < 4.78 is 0. The van der Waals surface area contributed by atoms with Crippen LogP contribution in [-0.4, -0.2) is 5.91 Å². The van der Waals surface area contributed by atoms with Crippen molar-refractivity contribution in [2.45, 2.75) is 51.9 Å². The largest absolute Gasteiger partial charge is 0.326 e. The van der Waals surface area contributed by atoms with Gasteiger partial charge >= 0.3 is 0 Å². The quantitative estimate of drug-likeness (QED) is 0.834. The first-order chi connectivity index (χ1) is 8.47. The lowest BCUT2D eigenvalue weighted by Gasteiger charge is -2.20. The van der Waals surface area contributed by atoms with Crippen molar-refractivity contribution in [2.24, 2.45) is 5.92 Å². The fourth-order valence-corrected chi connectivity index (χ4v) is 2.50. The molecule has 2 nitrogen and oxygen atoms in total. The Labute approximate surface area is 110 Å². The first-order valence-corrected chi connectivity index (χ1v) is 6.88. The minimum atomic E-state index is 0.119. The molecule has 98 valence electrons. The van der Waals surface area contributed by atoms with Gasteiger partial charge in [-0.15, -0.1) is 0 Å². The number of benzene rings is 1. The Morgan fingerprint density at radius 2 is 1.89 bits per heavy atom. The van der Waals surface area contributed by atoms with E-state index in [2.05, 4.69) is 38.2 Å². The molecule has 1 aromatic carbocycles. The van der Waals surface area contributed by atoms with E-state index in [-0.39, 0.29) is 17.2 Å². The fourth-order valence-electron chi connectivity index (χ4n) is 2.50. The standard InChI is InChI=1S/C16H23NO/c1-16(2,3)13-9-6-10-14(11-13)17-15(18)12-7-4-5-8-12/h6,9-12H,4-5,7-8H2,1-3H3,(H,17,18). The van der Waals surface area contributed by atoms with Crippen molar-refractivity contribution in [1.82, 2.24) is 0 Å². The summed E-state index contributed by atoms with van der Waals surface area (Å²) in [6.07, 6.45) is 4.48. The Balaban J connectivity index is 2.07. The number of carbonyl (C=O) groups is 1. The molecule has 1 N–H and O–H groups in total. The van der Waals surface area contributed by atoms with Gasteiger partial charge in [-0.1, -0.05) is 45.7 Å². The number of anilines is 1. The first-order valence-electron chi connectivity index (χ1n) is 6.88. The molecule has 0 spiro atoms. The molecule has 0 heterocycles. The second-order valence-electron chi connectivity index (χ2n) is 6.30. The molecule has 1 aromatic rings. The van der Waals surface area contributed by atoms with Gasteiger partial charge in [-0.05, 0) is 36.0 Å². The second-order valence-corrected chi connectivity index (χ2v) is 6.30. The van der Waals surface area contributed by atoms with Gasteiger partial charge in [0.2, 0.25) is 5.91 Å². The fraction of sp³-hybridized carbons (Fsp3) is 0.562. The molecule has 2 heteroatoms. The summed E-state index contributed by atoms with van der Waals surface area (Å²) in [5.74, 6) is 0.418. The monoisotopic (exact) mass is 245 g/mol. The zero-order valence-electron chi connectivity index (χ0n) is 11.6. The lowest BCUT2D eigenvalue weighted by atomic mass is 9.87. The first kappa shape index (κ1) is 13.1. The Morgan fingerprint density at radius 3 is 2.50 bits per heavy atom. The Bertz CT molecular complexity index is 425. The molecule has 0 atom stereocenters. The van der Waals surface area contributed by atoms with Gasteiger partial charge in [0.15, 0.2) is 0 Å². The third kappa shape index (κ3) is 3.12. The molecule has 1 saturated carbocycles. The van der Waals surface area contributed by atoms with Crippen LogP contribution in [0.15, 0.2) is 24.3 Å². The van der Waals surface area contributed by atoms with Crippen LogP contribution in [0, 0.1) is 5.92 Å². The van der Waals surface area contributed by atoms with Crippen molar-refractivity contribution in [3.8, 4) is 0 Å². The molecule has 18 heavy (non-hydrogen) atoms. The van der Waals surface area contributed by atoms with Gasteiger partial charge in [-0.3, -0.25) is 4.79 Å². The van der Waals surface area contributed by atoms with Crippen LogP contribution in [0.1, 0.15) is 52.0 Å². The summed E-state index contributed by atoms with van der Waals surface area (Å²) in [4.78, 5) is 12.1. The van der Waals surface area contributed by atoms with Gasteiger partial charge in [-0.2, -0.15) is 0 Å².